The molecule has 0 spiro atoms. The lowest BCUT2D eigenvalue weighted by Crippen LogP contribution is -2.04. The molecule has 23 heavy (non-hydrogen) atoms. The summed E-state index contributed by atoms with van der Waals surface area (Å²) in [6.45, 7) is 14.3. The molecule has 0 fully saturated rings. The Balaban J connectivity index is 2.55. The van der Waals surface area contributed by atoms with Gasteiger partial charge in [0.1, 0.15) is 5.75 Å². The van der Waals surface area contributed by atoms with Crippen molar-refractivity contribution in [3.8, 4) is 11.6 Å². The van der Waals surface area contributed by atoms with Crippen LogP contribution in [0.15, 0.2) is 18.2 Å². The van der Waals surface area contributed by atoms with E-state index in [0.717, 1.165) is 46.5 Å². The molecule has 1 aromatic carbocycles. The molecule has 0 aliphatic carbocycles. The summed E-state index contributed by atoms with van der Waals surface area (Å²) in [7, 11) is 0. The molecule has 0 saturated carbocycles. The molecule has 2 nitrogen and oxygen atoms in total. The van der Waals surface area contributed by atoms with Gasteiger partial charge in [-0.15, -0.1) is 0 Å². The summed E-state index contributed by atoms with van der Waals surface area (Å²) in [6.07, 6.45) is 1.55. The number of hydrogen-bond donors (Lipinski definition) is 0. The average Bonchev–Trinajstić information content (AvgIpc) is 2.52. The highest BCUT2D eigenvalue weighted by atomic mass is 16.5. The minimum atomic E-state index is -0.590. The van der Waals surface area contributed by atoms with Gasteiger partial charge in [0.25, 0.3) is 0 Å². The van der Waals surface area contributed by atoms with E-state index in [1.54, 1.807) is 0 Å². The van der Waals surface area contributed by atoms with Crippen molar-refractivity contribution in [3.63, 3.8) is 0 Å². The third-order valence-electron chi connectivity index (χ3n) is 4.39. The Morgan fingerprint density at radius 1 is 1.00 bits per heavy atom. The van der Waals surface area contributed by atoms with Gasteiger partial charge in [0.2, 0.25) is 5.88 Å². The molecule has 1 aromatic heterocycles. The lowest BCUT2D eigenvalue weighted by atomic mass is 9.91. The van der Waals surface area contributed by atoms with Crippen LogP contribution in [-0.2, 0) is 0 Å². The van der Waals surface area contributed by atoms with E-state index in [1.807, 2.05) is 19.9 Å². The first-order valence-corrected chi connectivity index (χ1v) is 8.46. The van der Waals surface area contributed by atoms with Gasteiger partial charge in [0, 0.05) is 12.6 Å². The molecular formula is C21H29NO. The molecule has 124 valence electrons. The molecule has 2 rings (SSSR count). The van der Waals surface area contributed by atoms with E-state index in [4.69, 9.17) is 6.11 Å². The minimum Gasteiger partial charge on any atom is -0.438 e. The Bertz CT molecular complexity index is 725. The van der Waals surface area contributed by atoms with Gasteiger partial charge in [0.05, 0.1) is 0 Å². The van der Waals surface area contributed by atoms with Crippen molar-refractivity contribution >= 4 is 0 Å². The first-order valence-electron chi connectivity index (χ1n) is 8.96. The standard InChI is InChI=1S/C21H29NO/c1-8-18(9-2)19-12-16(6)22-21(17(19)7)23-20-14(4)10-13(3)11-15(20)5/h10-12,18H,8-9H2,1-7H3/i18D. The van der Waals surface area contributed by atoms with Gasteiger partial charge in [-0.05, 0) is 76.1 Å². The third kappa shape index (κ3) is 3.74. The number of pyridine rings is 1. The third-order valence-corrected chi connectivity index (χ3v) is 4.39. The number of ether oxygens (including phenoxy) is 1. The van der Waals surface area contributed by atoms with E-state index in [9.17, 15) is 0 Å². The van der Waals surface area contributed by atoms with Crippen LogP contribution in [0.4, 0.5) is 0 Å². The summed E-state index contributed by atoms with van der Waals surface area (Å²) in [6, 6.07) is 6.29. The fourth-order valence-corrected chi connectivity index (χ4v) is 3.23. The van der Waals surface area contributed by atoms with E-state index in [2.05, 4.69) is 51.7 Å². The van der Waals surface area contributed by atoms with Crippen LogP contribution < -0.4 is 4.74 Å². The van der Waals surface area contributed by atoms with Crippen molar-refractivity contribution in [1.29, 1.82) is 0 Å². The SMILES string of the molecule is [2H]C(CC)(CC)c1cc(C)nc(Oc2c(C)cc(C)cc2C)c1C. The van der Waals surface area contributed by atoms with Crippen LogP contribution in [0.1, 0.15) is 67.5 Å². The molecule has 0 N–H and O–H groups in total. The monoisotopic (exact) mass is 312 g/mol. The van der Waals surface area contributed by atoms with Crippen molar-refractivity contribution in [3.05, 3.63) is 51.7 Å². The largest absolute Gasteiger partial charge is 0.438 e. The fraction of sp³-hybridized carbons (Fsp3) is 0.476. The van der Waals surface area contributed by atoms with Crippen LogP contribution >= 0.6 is 0 Å². The number of aromatic nitrogens is 1. The van der Waals surface area contributed by atoms with Gasteiger partial charge >= 0.3 is 0 Å². The predicted molar refractivity (Wildman–Crippen MR) is 97.8 cm³/mol. The molecule has 0 aliphatic rings. The zero-order valence-corrected chi connectivity index (χ0v) is 15.5. The highest BCUT2D eigenvalue weighted by Gasteiger charge is 2.17. The van der Waals surface area contributed by atoms with Gasteiger partial charge in [-0.25, -0.2) is 4.98 Å². The maximum atomic E-state index is 8.80. The van der Waals surface area contributed by atoms with Gasteiger partial charge in [-0.3, -0.25) is 0 Å². The van der Waals surface area contributed by atoms with Crippen LogP contribution in [0.3, 0.4) is 0 Å². The molecule has 0 bridgehead atoms. The Morgan fingerprint density at radius 3 is 2.09 bits per heavy atom. The maximum Gasteiger partial charge on any atom is 0.222 e. The molecular weight excluding hydrogens is 282 g/mol. The second-order valence-electron chi connectivity index (χ2n) is 6.38. The summed E-state index contributed by atoms with van der Waals surface area (Å²) < 4.78 is 15.0. The first kappa shape index (κ1) is 16.0. The molecule has 0 aliphatic heterocycles. The lowest BCUT2D eigenvalue weighted by molar-refractivity contribution is 0.448. The molecule has 0 amide bonds. The normalized spacial score (nSPS) is 12.2. The molecule has 1 heterocycles. The second kappa shape index (κ2) is 7.16. The smallest absolute Gasteiger partial charge is 0.222 e. The fourth-order valence-electron chi connectivity index (χ4n) is 3.23. The van der Waals surface area contributed by atoms with Crippen LogP contribution in [0.2, 0.25) is 0 Å². The van der Waals surface area contributed by atoms with Crippen molar-refractivity contribution in [2.45, 2.75) is 67.2 Å². The summed E-state index contributed by atoms with van der Waals surface area (Å²) in [5.41, 5.74) is 6.34. The van der Waals surface area contributed by atoms with Crippen LogP contribution in [0.5, 0.6) is 11.6 Å². The minimum absolute atomic E-state index is 0.590. The molecule has 0 saturated heterocycles. The molecule has 2 aromatic rings. The van der Waals surface area contributed by atoms with E-state index in [1.165, 1.54) is 5.56 Å². The van der Waals surface area contributed by atoms with Crippen molar-refractivity contribution < 1.29 is 6.11 Å². The Hall–Kier alpha value is -1.83. The zero-order valence-electron chi connectivity index (χ0n) is 16.5. The van der Waals surface area contributed by atoms with E-state index >= 15 is 0 Å². The van der Waals surface area contributed by atoms with Crippen molar-refractivity contribution in [1.82, 2.24) is 4.98 Å². The summed E-state index contributed by atoms with van der Waals surface area (Å²) >= 11 is 0. The number of nitrogens with zero attached hydrogens (tertiary/aromatic N) is 1. The Kier molecular flexibility index (Phi) is 5.00. The Morgan fingerprint density at radius 2 is 1.57 bits per heavy atom. The van der Waals surface area contributed by atoms with Crippen LogP contribution in [-0.4, -0.2) is 4.98 Å². The van der Waals surface area contributed by atoms with E-state index in [0.29, 0.717) is 5.88 Å². The molecule has 2 heteroatoms. The maximum absolute atomic E-state index is 8.80. The zero-order chi connectivity index (χ0) is 18.1. The Labute approximate surface area is 142 Å². The quantitative estimate of drug-likeness (QED) is 0.644. The summed E-state index contributed by atoms with van der Waals surface area (Å²) in [5, 5.41) is 0. The van der Waals surface area contributed by atoms with Crippen LogP contribution in [0.25, 0.3) is 0 Å². The highest BCUT2D eigenvalue weighted by Crippen LogP contribution is 2.35. The van der Waals surface area contributed by atoms with Crippen LogP contribution in [0, 0.1) is 34.6 Å². The highest BCUT2D eigenvalue weighted by molar-refractivity contribution is 5.47. The van der Waals surface area contributed by atoms with E-state index in [-0.39, 0.29) is 0 Å². The number of aryl methyl sites for hydroxylation is 4. The lowest BCUT2D eigenvalue weighted by Gasteiger charge is -2.20. The topological polar surface area (TPSA) is 22.1 Å². The molecule has 0 atom stereocenters. The van der Waals surface area contributed by atoms with Gasteiger partial charge in [-0.2, -0.15) is 0 Å². The van der Waals surface area contributed by atoms with E-state index < -0.39 is 5.89 Å². The molecule has 0 radical (unpaired) electrons. The average molecular weight is 312 g/mol. The van der Waals surface area contributed by atoms with Gasteiger partial charge in [0.15, 0.2) is 0 Å². The molecule has 0 unspecified atom stereocenters. The summed E-state index contributed by atoms with van der Waals surface area (Å²) in [4.78, 5) is 4.61. The van der Waals surface area contributed by atoms with Crippen molar-refractivity contribution in [2.24, 2.45) is 0 Å². The predicted octanol–water partition coefficient (Wildman–Crippen LogP) is 6.32. The van der Waals surface area contributed by atoms with Crippen molar-refractivity contribution in [2.75, 3.05) is 0 Å². The number of benzene rings is 1. The first-order chi connectivity index (χ1) is 11.2. The van der Waals surface area contributed by atoms with Gasteiger partial charge in [-0.1, -0.05) is 31.5 Å². The second-order valence-corrected chi connectivity index (χ2v) is 6.38. The number of rotatable bonds is 5. The van der Waals surface area contributed by atoms with Gasteiger partial charge < -0.3 is 4.74 Å². The summed E-state index contributed by atoms with van der Waals surface area (Å²) in [5.74, 6) is 0.905. The number of hydrogen-bond acceptors (Lipinski definition) is 2.